The van der Waals surface area contributed by atoms with Crippen molar-refractivity contribution in [3.63, 3.8) is 0 Å². The summed E-state index contributed by atoms with van der Waals surface area (Å²) in [6.07, 6.45) is 3.63. The minimum absolute atomic E-state index is 0. The standard InChI is InChI=1S/C23H22FN3O.2ClH/c1-16-11-21-22(27-16)3-2-4-23(21)28-10-9-25-13-17-12-19(15-26-14-17)18-5-7-20(24)8-6-18;;/h2-8,11-12,14-15,25,27H,9-10,13H2,1H3;2*1H. The molecule has 0 bridgehead atoms. The summed E-state index contributed by atoms with van der Waals surface area (Å²) in [5, 5.41) is 4.49. The molecule has 30 heavy (non-hydrogen) atoms. The largest absolute Gasteiger partial charge is 0.492 e. The van der Waals surface area contributed by atoms with Crippen molar-refractivity contribution in [3.05, 3.63) is 84.1 Å². The Hall–Kier alpha value is -2.60. The van der Waals surface area contributed by atoms with E-state index in [-0.39, 0.29) is 30.6 Å². The summed E-state index contributed by atoms with van der Waals surface area (Å²) in [7, 11) is 0. The first-order valence-electron chi connectivity index (χ1n) is 9.31. The fourth-order valence-corrected chi connectivity index (χ4v) is 3.24. The molecule has 4 nitrogen and oxygen atoms in total. The Kier molecular flexibility index (Phi) is 8.66. The van der Waals surface area contributed by atoms with Gasteiger partial charge in [0.05, 0.1) is 0 Å². The zero-order valence-corrected chi connectivity index (χ0v) is 18.2. The minimum atomic E-state index is -0.236. The highest BCUT2D eigenvalue weighted by molar-refractivity contribution is 5.86. The number of hydrogen-bond donors (Lipinski definition) is 2. The van der Waals surface area contributed by atoms with Crippen molar-refractivity contribution in [2.45, 2.75) is 13.5 Å². The predicted octanol–water partition coefficient (Wildman–Crippen LogP) is 5.69. The molecule has 2 aromatic carbocycles. The van der Waals surface area contributed by atoms with E-state index in [1.165, 1.54) is 12.1 Å². The Labute approximate surface area is 187 Å². The number of hydrogen-bond acceptors (Lipinski definition) is 3. The maximum absolute atomic E-state index is 13.1. The number of aryl methyl sites for hydroxylation is 1. The Morgan fingerprint density at radius 3 is 2.60 bits per heavy atom. The molecule has 2 heterocycles. The lowest BCUT2D eigenvalue weighted by atomic mass is 10.1. The molecule has 0 aliphatic carbocycles. The van der Waals surface area contributed by atoms with Gasteiger partial charge >= 0.3 is 0 Å². The molecule has 0 radical (unpaired) electrons. The van der Waals surface area contributed by atoms with Crippen molar-refractivity contribution in [2.75, 3.05) is 13.2 Å². The fraction of sp³-hybridized carbons (Fsp3) is 0.174. The van der Waals surface area contributed by atoms with Crippen LogP contribution in [0, 0.1) is 12.7 Å². The highest BCUT2D eigenvalue weighted by Crippen LogP contribution is 2.26. The summed E-state index contributed by atoms with van der Waals surface area (Å²) in [4.78, 5) is 7.62. The van der Waals surface area contributed by atoms with Gasteiger partial charge in [-0.2, -0.15) is 0 Å². The first-order chi connectivity index (χ1) is 13.7. The third kappa shape index (κ3) is 5.72. The maximum Gasteiger partial charge on any atom is 0.128 e. The number of aromatic amines is 1. The Morgan fingerprint density at radius 2 is 1.80 bits per heavy atom. The number of ether oxygens (including phenoxy) is 1. The van der Waals surface area contributed by atoms with Crippen LogP contribution in [0.3, 0.4) is 0 Å². The fourth-order valence-electron chi connectivity index (χ4n) is 3.24. The normalized spacial score (nSPS) is 10.3. The van der Waals surface area contributed by atoms with Crippen LogP contribution in [0.25, 0.3) is 22.0 Å². The zero-order valence-electron chi connectivity index (χ0n) is 16.5. The molecule has 2 aromatic heterocycles. The van der Waals surface area contributed by atoms with Crippen molar-refractivity contribution in [1.82, 2.24) is 15.3 Å². The van der Waals surface area contributed by atoms with Crippen molar-refractivity contribution in [2.24, 2.45) is 0 Å². The highest BCUT2D eigenvalue weighted by atomic mass is 35.5. The van der Waals surface area contributed by atoms with Crippen LogP contribution < -0.4 is 10.1 Å². The zero-order chi connectivity index (χ0) is 19.3. The van der Waals surface area contributed by atoms with Crippen molar-refractivity contribution in [3.8, 4) is 16.9 Å². The van der Waals surface area contributed by atoms with Gasteiger partial charge in [-0.1, -0.05) is 18.2 Å². The van der Waals surface area contributed by atoms with Gasteiger partial charge < -0.3 is 15.0 Å². The Morgan fingerprint density at radius 1 is 1.00 bits per heavy atom. The van der Waals surface area contributed by atoms with Crippen molar-refractivity contribution in [1.29, 1.82) is 0 Å². The van der Waals surface area contributed by atoms with E-state index in [1.807, 2.05) is 25.3 Å². The third-order valence-corrected chi connectivity index (χ3v) is 4.60. The first-order valence-corrected chi connectivity index (χ1v) is 9.31. The number of nitrogens with one attached hydrogen (secondary N) is 2. The Bertz CT molecular complexity index is 1080. The van der Waals surface area contributed by atoms with Gasteiger partial charge in [-0.15, -0.1) is 24.8 Å². The molecule has 0 unspecified atom stereocenters. The van der Waals surface area contributed by atoms with Crippen LogP contribution in [0.1, 0.15) is 11.3 Å². The predicted molar refractivity (Wildman–Crippen MR) is 124 cm³/mol. The first kappa shape index (κ1) is 23.7. The molecule has 2 N–H and O–H groups in total. The highest BCUT2D eigenvalue weighted by Gasteiger charge is 2.05. The molecule has 0 saturated heterocycles. The van der Waals surface area contributed by atoms with Crippen LogP contribution in [0.5, 0.6) is 5.75 Å². The summed E-state index contributed by atoms with van der Waals surface area (Å²) in [5.41, 5.74) is 5.22. The van der Waals surface area contributed by atoms with E-state index in [4.69, 9.17) is 4.74 Å². The van der Waals surface area contributed by atoms with E-state index >= 15 is 0 Å². The average Bonchev–Trinajstić information content (AvgIpc) is 3.09. The quantitative estimate of drug-likeness (QED) is 0.357. The molecule has 7 heteroatoms. The van der Waals surface area contributed by atoms with Gasteiger partial charge in [0.15, 0.2) is 0 Å². The minimum Gasteiger partial charge on any atom is -0.492 e. The van der Waals surface area contributed by atoms with Gasteiger partial charge in [0.2, 0.25) is 0 Å². The molecule has 4 rings (SSSR count). The van der Waals surface area contributed by atoms with E-state index in [2.05, 4.69) is 33.5 Å². The molecular weight excluding hydrogens is 424 g/mol. The summed E-state index contributed by atoms with van der Waals surface area (Å²) in [5.74, 6) is 0.656. The second-order valence-electron chi connectivity index (χ2n) is 6.78. The average molecular weight is 448 g/mol. The lowest BCUT2D eigenvalue weighted by Gasteiger charge is -2.09. The SMILES string of the molecule is Cc1cc2c(OCCNCc3cncc(-c4ccc(F)cc4)c3)cccc2[nH]1.Cl.Cl. The molecule has 0 fully saturated rings. The number of fused-ring (bicyclic) bond motifs is 1. The van der Waals surface area contributed by atoms with Crippen LogP contribution in [-0.4, -0.2) is 23.1 Å². The molecule has 0 aliphatic rings. The van der Waals surface area contributed by atoms with E-state index in [0.717, 1.165) is 45.6 Å². The topological polar surface area (TPSA) is 49.9 Å². The molecule has 0 amide bonds. The number of benzene rings is 2. The number of H-pyrrole nitrogens is 1. The number of pyridine rings is 1. The second-order valence-corrected chi connectivity index (χ2v) is 6.78. The molecule has 0 atom stereocenters. The van der Waals surface area contributed by atoms with Crippen LogP contribution in [0.2, 0.25) is 0 Å². The van der Waals surface area contributed by atoms with Crippen LogP contribution in [0.15, 0.2) is 67.0 Å². The number of halogens is 3. The Balaban J connectivity index is 0.00000160. The summed E-state index contributed by atoms with van der Waals surface area (Å²) < 4.78 is 19.0. The third-order valence-electron chi connectivity index (χ3n) is 4.60. The molecule has 0 aliphatic heterocycles. The molecule has 0 spiro atoms. The molecular formula is C23H24Cl2FN3O. The lowest BCUT2D eigenvalue weighted by molar-refractivity contribution is 0.317. The van der Waals surface area contributed by atoms with Gasteiger partial charge in [0.25, 0.3) is 0 Å². The molecule has 158 valence electrons. The van der Waals surface area contributed by atoms with Crippen LogP contribution in [-0.2, 0) is 6.54 Å². The van der Waals surface area contributed by atoms with E-state index in [1.54, 1.807) is 18.3 Å². The number of aromatic nitrogens is 2. The monoisotopic (exact) mass is 447 g/mol. The van der Waals surface area contributed by atoms with Crippen LogP contribution >= 0.6 is 24.8 Å². The summed E-state index contributed by atoms with van der Waals surface area (Å²) in [6.45, 7) is 4.03. The molecule has 0 saturated carbocycles. The second kappa shape index (κ2) is 11.0. The van der Waals surface area contributed by atoms with E-state index in [0.29, 0.717) is 13.2 Å². The van der Waals surface area contributed by atoms with Gasteiger partial charge in [-0.25, -0.2) is 4.39 Å². The van der Waals surface area contributed by atoms with E-state index in [9.17, 15) is 4.39 Å². The smallest absolute Gasteiger partial charge is 0.128 e. The van der Waals surface area contributed by atoms with Crippen molar-refractivity contribution >= 4 is 35.7 Å². The van der Waals surface area contributed by atoms with E-state index < -0.39 is 0 Å². The summed E-state index contributed by atoms with van der Waals surface area (Å²) >= 11 is 0. The lowest BCUT2D eigenvalue weighted by Crippen LogP contribution is -2.20. The van der Waals surface area contributed by atoms with Gasteiger partial charge in [-0.05, 0) is 54.4 Å². The van der Waals surface area contributed by atoms with Gasteiger partial charge in [0, 0.05) is 47.6 Å². The summed E-state index contributed by atoms with van der Waals surface area (Å²) in [6, 6.07) is 16.7. The number of nitrogens with zero attached hydrogens (tertiary/aromatic N) is 1. The van der Waals surface area contributed by atoms with Gasteiger partial charge in [0.1, 0.15) is 18.2 Å². The number of rotatable bonds is 7. The van der Waals surface area contributed by atoms with Gasteiger partial charge in [-0.3, -0.25) is 4.98 Å². The van der Waals surface area contributed by atoms with Crippen molar-refractivity contribution < 1.29 is 9.13 Å². The maximum atomic E-state index is 13.1. The molecule has 4 aromatic rings. The van der Waals surface area contributed by atoms with Crippen LogP contribution in [0.4, 0.5) is 4.39 Å².